The molecule has 2 heterocycles. The van der Waals surface area contributed by atoms with Crippen LogP contribution in [-0.2, 0) is 78.8 Å². The van der Waals surface area contributed by atoms with Gasteiger partial charge in [0.05, 0.1) is 35.2 Å². The lowest BCUT2D eigenvalue weighted by atomic mass is 9.86. The highest BCUT2D eigenvalue weighted by Gasteiger charge is 2.34. The van der Waals surface area contributed by atoms with E-state index in [0.717, 1.165) is 49.7 Å². The third-order valence-electron chi connectivity index (χ3n) is 13.2. The Hall–Kier alpha value is -3.84. The van der Waals surface area contributed by atoms with Crippen molar-refractivity contribution in [3.8, 4) is 0 Å². The van der Waals surface area contributed by atoms with Crippen molar-refractivity contribution < 1.29 is 37.1 Å². The van der Waals surface area contributed by atoms with Gasteiger partial charge in [-0.2, -0.15) is 0 Å². The molecule has 2 fully saturated rings. The fourth-order valence-electron chi connectivity index (χ4n) is 9.21. The molecule has 0 aliphatic heterocycles. The number of fused-ring (bicyclic) bond motifs is 2. The number of benzene rings is 2. The summed E-state index contributed by atoms with van der Waals surface area (Å²) in [5.74, 6) is 1.13. The molecule has 0 unspecified atom stereocenters. The number of aryl methyl sites for hydroxylation is 2. The SMILES string of the molecule is C[C@@H](c1ccc2c(c1CC(=O)C[S@@](=N)(=O)c1cc(C(C)(C)O)co1)CCC2)C1CC1.C[C@@H](c1ccc2c(c1CC(=O)C[S@](=N)(=O)c1cc(C(C)(C)O)co1)CCC2)C1CC1. The van der Waals surface area contributed by atoms with Gasteiger partial charge in [-0.25, -0.2) is 18.0 Å². The Labute approximate surface area is 355 Å². The summed E-state index contributed by atoms with van der Waals surface area (Å²) in [6.07, 6.45) is 14.4. The first kappa shape index (κ1) is 44.2. The van der Waals surface area contributed by atoms with E-state index >= 15 is 0 Å². The highest BCUT2D eigenvalue weighted by atomic mass is 32.2. The lowest BCUT2D eigenvalue weighted by Gasteiger charge is -2.19. The van der Waals surface area contributed by atoms with Crippen LogP contribution in [0.3, 0.4) is 0 Å². The maximum Gasteiger partial charge on any atom is 0.199 e. The van der Waals surface area contributed by atoms with Gasteiger partial charge in [0.15, 0.2) is 21.8 Å². The van der Waals surface area contributed by atoms with Crippen molar-refractivity contribution in [2.75, 3.05) is 11.5 Å². The van der Waals surface area contributed by atoms with Gasteiger partial charge in [0.1, 0.15) is 19.5 Å². The molecular formula is C48H62N2O8S2. The quantitative estimate of drug-likeness (QED) is 0.0859. The molecule has 0 saturated heterocycles. The minimum absolute atomic E-state index is 0.0437. The molecule has 10 nitrogen and oxygen atoms in total. The Bertz CT molecular complexity index is 2320. The summed E-state index contributed by atoms with van der Waals surface area (Å²) in [5.41, 5.74) is 8.59. The summed E-state index contributed by atoms with van der Waals surface area (Å²) in [4.78, 5) is 26.0. The molecule has 0 spiro atoms. The van der Waals surface area contributed by atoms with Crippen LogP contribution >= 0.6 is 0 Å². The van der Waals surface area contributed by atoms with Crippen LogP contribution in [0.4, 0.5) is 0 Å². The fraction of sp³-hybridized carbons (Fsp3) is 0.542. The standard InChI is InChI=1S/2C24H31NO4S/c2*1-15(16-7-8-16)20-10-9-17-5-4-6-21(17)22(20)12-19(26)14-30(25,28)23-11-18(13-29-23)24(2,3)27/h2*9-11,13,15-16,25,27H,4-8,12,14H2,1-3H3/t15-,30+;15-,30-/m11/s1. The number of nitrogens with one attached hydrogen (secondary N) is 2. The van der Waals surface area contributed by atoms with Gasteiger partial charge < -0.3 is 19.0 Å². The number of carbonyl (C=O) groups is 2. The van der Waals surface area contributed by atoms with Gasteiger partial charge in [0.25, 0.3) is 0 Å². The maximum atomic E-state index is 13.0. The van der Waals surface area contributed by atoms with Crippen LogP contribution in [0.25, 0.3) is 0 Å². The second-order valence-corrected chi connectivity index (χ2v) is 23.1. The average molecular weight is 859 g/mol. The summed E-state index contributed by atoms with van der Waals surface area (Å²) in [6, 6.07) is 11.7. The van der Waals surface area contributed by atoms with Crippen molar-refractivity contribution in [3.05, 3.63) is 105 Å². The number of ketones is 2. The molecule has 0 radical (unpaired) electrons. The second-order valence-electron chi connectivity index (χ2n) is 19.0. The van der Waals surface area contributed by atoms with E-state index in [9.17, 15) is 28.2 Å². The molecular weight excluding hydrogens is 797 g/mol. The van der Waals surface area contributed by atoms with E-state index in [-0.39, 0.29) is 46.1 Å². The highest BCUT2D eigenvalue weighted by molar-refractivity contribution is 7.93. The van der Waals surface area contributed by atoms with E-state index in [1.54, 1.807) is 27.7 Å². The lowest BCUT2D eigenvalue weighted by Crippen LogP contribution is -2.19. The van der Waals surface area contributed by atoms with Crippen LogP contribution in [0.1, 0.15) is 148 Å². The largest absolute Gasteiger partial charge is 0.454 e. The van der Waals surface area contributed by atoms with Crippen LogP contribution in [-0.4, -0.2) is 41.7 Å². The van der Waals surface area contributed by atoms with Crippen molar-refractivity contribution in [2.45, 2.75) is 152 Å². The van der Waals surface area contributed by atoms with Crippen LogP contribution < -0.4 is 0 Å². The summed E-state index contributed by atoms with van der Waals surface area (Å²) < 4.78 is 53.1. The van der Waals surface area contributed by atoms with E-state index in [0.29, 0.717) is 34.8 Å². The molecule has 4 aromatic rings. The van der Waals surface area contributed by atoms with Gasteiger partial charge in [-0.1, -0.05) is 38.1 Å². The number of aliphatic hydroxyl groups is 2. The van der Waals surface area contributed by atoms with E-state index in [4.69, 9.17) is 18.4 Å². The fourth-order valence-corrected chi connectivity index (χ4v) is 11.6. The Morgan fingerprint density at radius 1 is 0.667 bits per heavy atom. The van der Waals surface area contributed by atoms with Gasteiger partial charge in [0, 0.05) is 36.1 Å². The van der Waals surface area contributed by atoms with E-state index < -0.39 is 30.7 Å². The first-order valence-electron chi connectivity index (χ1n) is 21.6. The summed E-state index contributed by atoms with van der Waals surface area (Å²) in [5, 5.41) is 20.1. The van der Waals surface area contributed by atoms with Gasteiger partial charge in [-0.05, 0) is 160 Å². The van der Waals surface area contributed by atoms with Crippen molar-refractivity contribution >= 4 is 31.0 Å². The second kappa shape index (κ2) is 16.8. The third-order valence-corrected chi connectivity index (χ3v) is 16.4. The molecule has 4 aliphatic rings. The summed E-state index contributed by atoms with van der Waals surface area (Å²) >= 11 is 0. The Balaban J connectivity index is 0.000000181. The predicted molar refractivity (Wildman–Crippen MR) is 233 cm³/mol. The molecule has 0 bridgehead atoms. The number of rotatable bonds is 16. The number of hydrogen-bond donors (Lipinski definition) is 4. The Morgan fingerprint density at radius 3 is 1.35 bits per heavy atom. The number of Topliss-reactive ketones (excluding diaryl/α,β-unsaturated/α-hetero) is 2. The minimum Gasteiger partial charge on any atom is -0.454 e. The molecule has 2 aromatic carbocycles. The number of furan rings is 2. The van der Waals surface area contributed by atoms with Crippen molar-refractivity contribution in [2.24, 2.45) is 11.8 Å². The number of hydrogen-bond acceptors (Lipinski definition) is 10. The van der Waals surface area contributed by atoms with Gasteiger partial charge >= 0.3 is 0 Å². The zero-order valence-corrected chi connectivity index (χ0v) is 37.6. The van der Waals surface area contributed by atoms with Crippen LogP contribution in [0.5, 0.6) is 0 Å². The van der Waals surface area contributed by atoms with Gasteiger partial charge in [-0.3, -0.25) is 9.59 Å². The van der Waals surface area contributed by atoms with E-state index in [1.807, 2.05) is 0 Å². The summed E-state index contributed by atoms with van der Waals surface area (Å²) in [7, 11) is -6.80. The van der Waals surface area contributed by atoms with Gasteiger partial charge in [0.2, 0.25) is 0 Å². The summed E-state index contributed by atoms with van der Waals surface area (Å²) in [6.45, 7) is 10.9. The van der Waals surface area contributed by atoms with Crippen molar-refractivity contribution in [3.63, 3.8) is 0 Å². The maximum absolute atomic E-state index is 13.0. The first-order valence-corrected chi connectivity index (χ1v) is 25.0. The predicted octanol–water partition coefficient (Wildman–Crippen LogP) is 9.45. The smallest absolute Gasteiger partial charge is 0.199 e. The molecule has 4 aliphatic carbocycles. The number of carbonyl (C=O) groups excluding carboxylic acids is 2. The Kier molecular flexibility index (Phi) is 12.4. The normalized spacial score (nSPS) is 19.3. The minimum atomic E-state index is -3.40. The molecule has 8 rings (SSSR count). The van der Waals surface area contributed by atoms with E-state index in [1.165, 1.54) is 83.7 Å². The van der Waals surface area contributed by atoms with Crippen LogP contribution in [0.2, 0.25) is 0 Å². The zero-order valence-electron chi connectivity index (χ0n) is 36.0. The molecule has 4 N–H and O–H groups in total. The van der Waals surface area contributed by atoms with E-state index in [2.05, 4.69) is 38.1 Å². The highest BCUT2D eigenvalue weighted by Crippen LogP contribution is 2.46. The molecule has 0 amide bonds. The Morgan fingerprint density at radius 2 is 1.03 bits per heavy atom. The first-order chi connectivity index (χ1) is 28.1. The lowest BCUT2D eigenvalue weighted by molar-refractivity contribution is -0.116. The van der Waals surface area contributed by atoms with Crippen molar-refractivity contribution in [1.29, 1.82) is 9.56 Å². The zero-order chi connectivity index (χ0) is 43.4. The average Bonchev–Trinajstić information content (AvgIpc) is 3.86. The topological polar surface area (TPSA) is 183 Å². The molecule has 324 valence electrons. The third kappa shape index (κ3) is 9.93. The van der Waals surface area contributed by atoms with Gasteiger partial charge in [-0.15, -0.1) is 0 Å². The monoisotopic (exact) mass is 858 g/mol. The molecule has 2 aromatic heterocycles. The molecule has 4 atom stereocenters. The molecule has 2 saturated carbocycles. The van der Waals surface area contributed by atoms with Crippen LogP contribution in [0, 0.1) is 21.4 Å². The molecule has 12 heteroatoms. The van der Waals surface area contributed by atoms with Crippen LogP contribution in [0.15, 0.2) is 67.9 Å². The van der Waals surface area contributed by atoms with Crippen molar-refractivity contribution in [1.82, 2.24) is 0 Å². The molecule has 60 heavy (non-hydrogen) atoms.